The van der Waals surface area contributed by atoms with Crippen molar-refractivity contribution in [2.45, 2.75) is 38.9 Å². The SMILES string of the molecule is Cc1cc(-c2nc(-c3ccc4c(c3)CN([C@H]3C[C@@H](C(=O)O)C3)C4)no2)ccc1-c1cc(F)cc(F)c1F. The van der Waals surface area contributed by atoms with E-state index in [1.54, 1.807) is 25.1 Å². The molecule has 1 aliphatic carbocycles. The van der Waals surface area contributed by atoms with E-state index in [0.717, 1.165) is 30.3 Å². The number of carbonyl (C=O) groups is 1. The lowest BCUT2D eigenvalue weighted by Gasteiger charge is -2.39. The number of benzene rings is 3. The second-order valence-electron chi connectivity index (χ2n) is 9.75. The van der Waals surface area contributed by atoms with Crippen LogP contribution in [0.2, 0.25) is 0 Å². The fourth-order valence-corrected chi connectivity index (χ4v) is 5.21. The Morgan fingerprint density at radius 3 is 2.49 bits per heavy atom. The molecule has 0 bridgehead atoms. The summed E-state index contributed by atoms with van der Waals surface area (Å²) in [6, 6.07) is 12.7. The zero-order valence-electron chi connectivity index (χ0n) is 19.8. The highest BCUT2D eigenvalue weighted by molar-refractivity contribution is 5.72. The van der Waals surface area contributed by atoms with Crippen molar-refractivity contribution in [3.63, 3.8) is 0 Å². The van der Waals surface area contributed by atoms with Gasteiger partial charge in [0.2, 0.25) is 5.82 Å². The van der Waals surface area contributed by atoms with Crippen LogP contribution in [0.4, 0.5) is 13.2 Å². The van der Waals surface area contributed by atoms with Gasteiger partial charge in [-0.3, -0.25) is 9.69 Å². The lowest BCUT2D eigenvalue weighted by atomic mass is 9.79. The van der Waals surface area contributed by atoms with Crippen LogP contribution in [0.1, 0.15) is 29.5 Å². The second-order valence-corrected chi connectivity index (χ2v) is 9.75. The number of hydrogen-bond acceptors (Lipinski definition) is 5. The van der Waals surface area contributed by atoms with E-state index >= 15 is 0 Å². The topological polar surface area (TPSA) is 79.5 Å². The molecular formula is C28H22F3N3O3. The van der Waals surface area contributed by atoms with Gasteiger partial charge in [-0.15, -0.1) is 0 Å². The van der Waals surface area contributed by atoms with E-state index in [4.69, 9.17) is 9.63 Å². The summed E-state index contributed by atoms with van der Waals surface area (Å²) in [4.78, 5) is 18.0. The normalized spacial score (nSPS) is 19.0. The first-order chi connectivity index (χ1) is 17.8. The quantitative estimate of drug-likeness (QED) is 0.337. The largest absolute Gasteiger partial charge is 0.481 e. The number of fused-ring (bicyclic) bond motifs is 1. The Labute approximate surface area is 210 Å². The van der Waals surface area contributed by atoms with Gasteiger partial charge in [0, 0.05) is 41.9 Å². The minimum absolute atomic E-state index is 0.152. The van der Waals surface area contributed by atoms with Crippen LogP contribution < -0.4 is 0 Å². The van der Waals surface area contributed by atoms with Crippen LogP contribution in [0, 0.1) is 30.3 Å². The fraction of sp³-hybridized carbons (Fsp3) is 0.250. The van der Waals surface area contributed by atoms with Crippen LogP contribution in [-0.4, -0.2) is 32.2 Å². The van der Waals surface area contributed by atoms with Crippen LogP contribution in [-0.2, 0) is 17.9 Å². The lowest BCUT2D eigenvalue weighted by molar-refractivity contribution is -0.147. The van der Waals surface area contributed by atoms with Crippen LogP contribution >= 0.6 is 0 Å². The van der Waals surface area contributed by atoms with Crippen molar-refractivity contribution >= 4 is 5.97 Å². The molecule has 4 aromatic rings. The summed E-state index contributed by atoms with van der Waals surface area (Å²) < 4.78 is 47.2. The Hall–Kier alpha value is -3.98. The van der Waals surface area contributed by atoms with Gasteiger partial charge in [0.05, 0.1) is 5.92 Å². The van der Waals surface area contributed by atoms with Crippen molar-refractivity contribution in [1.82, 2.24) is 15.0 Å². The average molecular weight is 505 g/mol. The van der Waals surface area contributed by atoms with Crippen LogP contribution in [0.5, 0.6) is 0 Å². The molecule has 2 aliphatic rings. The van der Waals surface area contributed by atoms with Gasteiger partial charge in [-0.05, 0) is 66.3 Å². The third-order valence-electron chi connectivity index (χ3n) is 7.37. The number of nitrogens with zero attached hydrogens (tertiary/aromatic N) is 3. The van der Waals surface area contributed by atoms with Crippen LogP contribution in [0.15, 0.2) is 53.1 Å². The van der Waals surface area contributed by atoms with Gasteiger partial charge in [-0.2, -0.15) is 4.98 Å². The predicted octanol–water partition coefficient (Wildman–Crippen LogP) is 5.98. The molecule has 3 aromatic carbocycles. The zero-order valence-corrected chi connectivity index (χ0v) is 19.8. The molecule has 0 atom stereocenters. The molecule has 1 saturated carbocycles. The van der Waals surface area contributed by atoms with E-state index in [-0.39, 0.29) is 23.4 Å². The van der Waals surface area contributed by atoms with E-state index in [0.29, 0.717) is 41.4 Å². The molecule has 1 aromatic heterocycles. The van der Waals surface area contributed by atoms with Gasteiger partial charge >= 0.3 is 5.97 Å². The number of halogens is 3. The molecule has 0 amide bonds. The maximum Gasteiger partial charge on any atom is 0.306 e. The number of hydrogen-bond donors (Lipinski definition) is 1. The second kappa shape index (κ2) is 8.85. The molecule has 1 aliphatic heterocycles. The highest BCUT2D eigenvalue weighted by Gasteiger charge is 2.39. The van der Waals surface area contributed by atoms with Crippen molar-refractivity contribution < 1.29 is 27.6 Å². The van der Waals surface area contributed by atoms with Gasteiger partial charge in [0.1, 0.15) is 5.82 Å². The molecule has 1 fully saturated rings. The number of aryl methyl sites for hydroxylation is 1. The highest BCUT2D eigenvalue weighted by atomic mass is 19.2. The molecule has 0 spiro atoms. The van der Waals surface area contributed by atoms with E-state index in [1.165, 1.54) is 5.56 Å². The lowest BCUT2D eigenvalue weighted by Crippen LogP contribution is -2.44. The summed E-state index contributed by atoms with van der Waals surface area (Å²) in [5.41, 5.74) is 4.58. The highest BCUT2D eigenvalue weighted by Crippen LogP contribution is 2.38. The minimum atomic E-state index is -1.24. The fourth-order valence-electron chi connectivity index (χ4n) is 5.21. The molecule has 0 unspecified atom stereocenters. The van der Waals surface area contributed by atoms with Crippen molar-refractivity contribution in [2.24, 2.45) is 5.92 Å². The maximum absolute atomic E-state index is 14.3. The minimum Gasteiger partial charge on any atom is -0.481 e. The Kier molecular flexibility index (Phi) is 5.60. The van der Waals surface area contributed by atoms with E-state index in [9.17, 15) is 18.0 Å². The summed E-state index contributed by atoms with van der Waals surface area (Å²) in [7, 11) is 0. The third kappa shape index (κ3) is 4.19. The number of rotatable bonds is 5. The molecular weight excluding hydrogens is 483 g/mol. The van der Waals surface area contributed by atoms with Gasteiger partial charge in [-0.25, -0.2) is 13.2 Å². The van der Waals surface area contributed by atoms with Crippen molar-refractivity contribution in [3.05, 3.63) is 82.7 Å². The smallest absolute Gasteiger partial charge is 0.306 e. The molecule has 188 valence electrons. The van der Waals surface area contributed by atoms with Gasteiger partial charge in [-0.1, -0.05) is 23.4 Å². The van der Waals surface area contributed by atoms with Crippen LogP contribution in [0.3, 0.4) is 0 Å². The standard InChI is InChI=1S/C28H22F3N3O3/c1-14-6-16(4-5-22(14)23-10-20(29)11-24(30)25(23)31)27-32-26(33-37-27)15-2-3-17-12-34(13-19(17)7-15)21-8-18(9-21)28(35)36/h2-7,10-11,18,21H,8-9,12-13H2,1H3,(H,35,36)/t18-,21+. The Balaban J connectivity index is 1.21. The molecule has 2 heterocycles. The molecule has 0 radical (unpaired) electrons. The Morgan fingerprint density at radius 1 is 0.973 bits per heavy atom. The zero-order chi connectivity index (χ0) is 25.8. The molecule has 6 nitrogen and oxygen atoms in total. The van der Waals surface area contributed by atoms with Crippen molar-refractivity contribution in [1.29, 1.82) is 0 Å². The van der Waals surface area contributed by atoms with E-state index in [1.807, 2.05) is 18.2 Å². The molecule has 37 heavy (non-hydrogen) atoms. The summed E-state index contributed by atoms with van der Waals surface area (Å²) >= 11 is 0. The van der Waals surface area contributed by atoms with Gasteiger partial charge < -0.3 is 9.63 Å². The van der Waals surface area contributed by atoms with Gasteiger partial charge in [0.25, 0.3) is 5.89 Å². The number of carboxylic acids is 1. The van der Waals surface area contributed by atoms with Gasteiger partial charge in [0.15, 0.2) is 11.6 Å². The van der Waals surface area contributed by atoms with Crippen LogP contribution in [0.25, 0.3) is 34.0 Å². The molecule has 9 heteroatoms. The summed E-state index contributed by atoms with van der Waals surface area (Å²) in [6.07, 6.45) is 1.37. The first-order valence-electron chi connectivity index (χ1n) is 12.0. The summed E-state index contributed by atoms with van der Waals surface area (Å²) in [5.74, 6) is -3.47. The summed E-state index contributed by atoms with van der Waals surface area (Å²) in [6.45, 7) is 3.26. The molecule has 0 saturated heterocycles. The number of carboxylic acid groups (broad SMARTS) is 1. The summed E-state index contributed by atoms with van der Waals surface area (Å²) in [5, 5.41) is 13.3. The Morgan fingerprint density at radius 2 is 1.73 bits per heavy atom. The number of aromatic nitrogens is 2. The third-order valence-corrected chi connectivity index (χ3v) is 7.37. The molecule has 1 N–H and O–H groups in total. The Bertz CT molecular complexity index is 1550. The van der Waals surface area contributed by atoms with Crippen molar-refractivity contribution in [3.8, 4) is 34.0 Å². The maximum atomic E-state index is 14.3. The monoisotopic (exact) mass is 505 g/mol. The first kappa shape index (κ1) is 23.4. The van der Waals surface area contributed by atoms with Crippen molar-refractivity contribution in [2.75, 3.05) is 0 Å². The first-order valence-corrected chi connectivity index (χ1v) is 12.0. The molecule has 6 rings (SSSR count). The van der Waals surface area contributed by atoms with E-state index < -0.39 is 23.4 Å². The number of aliphatic carboxylic acids is 1. The van der Waals surface area contributed by atoms with E-state index in [2.05, 4.69) is 15.0 Å². The predicted molar refractivity (Wildman–Crippen MR) is 129 cm³/mol. The average Bonchev–Trinajstić information content (AvgIpc) is 3.47.